The standard InChI is InChI=1S/C14H16Cl6N2O2/c1-7(13(15,16)17)5-9-11(23)22(4)10(12(24)21(9)3)6-8(2)14(18,19)20/h5-8H,1-4H3/b9-5-,10-6+/t7-,8-/m0/s1. The second kappa shape index (κ2) is 7.81. The van der Waals surface area contributed by atoms with E-state index >= 15 is 0 Å². The molecule has 0 aliphatic rings. The van der Waals surface area contributed by atoms with Gasteiger partial charge in [0.05, 0.1) is 0 Å². The van der Waals surface area contributed by atoms with Crippen molar-refractivity contribution >= 4 is 81.8 Å². The lowest BCUT2D eigenvalue weighted by atomic mass is 10.2. The molecule has 0 amide bonds. The van der Waals surface area contributed by atoms with Crippen LogP contribution in [0.5, 0.6) is 0 Å². The largest absolute Gasteiger partial charge is 0.306 e. The van der Waals surface area contributed by atoms with Gasteiger partial charge in [-0.25, -0.2) is 0 Å². The van der Waals surface area contributed by atoms with Gasteiger partial charge in [0.25, 0.3) is 11.1 Å². The predicted molar refractivity (Wildman–Crippen MR) is 104 cm³/mol. The zero-order valence-corrected chi connectivity index (χ0v) is 17.8. The van der Waals surface area contributed by atoms with E-state index in [1.54, 1.807) is 13.8 Å². The third-order valence-electron chi connectivity index (χ3n) is 3.62. The molecule has 0 unspecified atom stereocenters. The summed E-state index contributed by atoms with van der Waals surface area (Å²) in [6.07, 6.45) is 2.89. The molecule has 0 fully saturated rings. The van der Waals surface area contributed by atoms with Crippen LogP contribution >= 0.6 is 69.6 Å². The third kappa shape index (κ3) is 5.09. The van der Waals surface area contributed by atoms with Crippen LogP contribution in [-0.2, 0) is 14.1 Å². The van der Waals surface area contributed by atoms with Gasteiger partial charge in [0.2, 0.25) is 0 Å². The summed E-state index contributed by atoms with van der Waals surface area (Å²) in [5.74, 6) is -1.17. The molecule has 2 atom stereocenters. The lowest BCUT2D eigenvalue weighted by Gasteiger charge is -2.17. The molecule has 0 bridgehead atoms. The van der Waals surface area contributed by atoms with Crippen molar-refractivity contribution in [3.05, 3.63) is 31.4 Å². The smallest absolute Gasteiger partial charge is 0.274 e. The van der Waals surface area contributed by atoms with Gasteiger partial charge in [0, 0.05) is 25.9 Å². The molecule has 0 saturated carbocycles. The fourth-order valence-electron chi connectivity index (χ4n) is 1.88. The van der Waals surface area contributed by atoms with Crippen LogP contribution in [0.3, 0.4) is 0 Å². The highest BCUT2D eigenvalue weighted by Gasteiger charge is 2.28. The number of aromatic nitrogens is 2. The summed E-state index contributed by atoms with van der Waals surface area (Å²) >= 11 is 34.9. The summed E-state index contributed by atoms with van der Waals surface area (Å²) in [6.45, 7) is 3.25. The topological polar surface area (TPSA) is 44.0 Å². The normalized spacial score (nSPS) is 17.2. The van der Waals surface area contributed by atoms with Crippen molar-refractivity contribution in [1.29, 1.82) is 0 Å². The van der Waals surface area contributed by atoms with Crippen LogP contribution in [-0.4, -0.2) is 16.7 Å². The molecule has 1 aromatic heterocycles. The average Bonchev–Trinajstić information content (AvgIpc) is 2.43. The maximum absolute atomic E-state index is 12.6. The van der Waals surface area contributed by atoms with Crippen LogP contribution in [0, 0.1) is 11.8 Å². The van der Waals surface area contributed by atoms with E-state index in [-0.39, 0.29) is 10.7 Å². The lowest BCUT2D eigenvalue weighted by Crippen LogP contribution is -2.57. The highest BCUT2D eigenvalue weighted by Crippen LogP contribution is 2.36. The van der Waals surface area contributed by atoms with Gasteiger partial charge in [-0.2, -0.15) is 0 Å². The van der Waals surface area contributed by atoms with Crippen LogP contribution in [0.1, 0.15) is 13.8 Å². The summed E-state index contributed by atoms with van der Waals surface area (Å²) in [7, 11) is 2.91. The molecule has 0 N–H and O–H groups in total. The lowest BCUT2D eigenvalue weighted by molar-refractivity contribution is 0.675. The molecule has 1 aromatic rings. The quantitative estimate of drug-likeness (QED) is 0.642. The second-order valence-electron chi connectivity index (χ2n) is 5.49. The van der Waals surface area contributed by atoms with Gasteiger partial charge in [0.1, 0.15) is 10.7 Å². The number of rotatable bonds is 2. The van der Waals surface area contributed by atoms with Crippen molar-refractivity contribution in [2.75, 3.05) is 0 Å². The maximum Gasteiger partial charge on any atom is 0.274 e. The van der Waals surface area contributed by atoms with E-state index in [9.17, 15) is 9.59 Å². The first kappa shape index (κ1) is 22.2. The minimum absolute atomic E-state index is 0.111. The Labute approximate surface area is 169 Å². The van der Waals surface area contributed by atoms with Crippen LogP contribution in [0.25, 0.3) is 12.2 Å². The fourth-order valence-corrected chi connectivity index (χ4v) is 2.26. The monoisotopic (exact) mass is 454 g/mol. The van der Waals surface area contributed by atoms with Crippen molar-refractivity contribution in [2.45, 2.75) is 21.4 Å². The molecular weight excluding hydrogens is 441 g/mol. The van der Waals surface area contributed by atoms with Gasteiger partial charge >= 0.3 is 0 Å². The molecule has 0 aliphatic carbocycles. The predicted octanol–water partition coefficient (Wildman–Crippen LogP) is 2.66. The molecule has 0 aromatic carbocycles. The minimum Gasteiger partial charge on any atom is -0.306 e. The summed E-state index contributed by atoms with van der Waals surface area (Å²) in [4.78, 5) is 25.2. The van der Waals surface area contributed by atoms with E-state index in [1.807, 2.05) is 0 Å². The first-order valence-electron chi connectivity index (χ1n) is 6.81. The molecule has 24 heavy (non-hydrogen) atoms. The van der Waals surface area contributed by atoms with E-state index in [0.717, 1.165) is 0 Å². The van der Waals surface area contributed by atoms with Gasteiger partial charge in [-0.1, -0.05) is 83.5 Å². The Morgan fingerprint density at radius 3 is 1.21 bits per heavy atom. The van der Waals surface area contributed by atoms with Gasteiger partial charge in [-0.3, -0.25) is 9.59 Å². The van der Waals surface area contributed by atoms with Crippen molar-refractivity contribution < 1.29 is 0 Å². The molecule has 10 heteroatoms. The van der Waals surface area contributed by atoms with Crippen molar-refractivity contribution in [2.24, 2.45) is 25.9 Å². The van der Waals surface area contributed by atoms with Gasteiger partial charge in [-0.15, -0.1) is 0 Å². The number of hydrogen-bond donors (Lipinski definition) is 0. The number of nitrogens with zero attached hydrogens (tertiary/aromatic N) is 2. The van der Waals surface area contributed by atoms with Crippen molar-refractivity contribution in [3.63, 3.8) is 0 Å². The molecule has 0 radical (unpaired) electrons. The van der Waals surface area contributed by atoms with Crippen molar-refractivity contribution in [1.82, 2.24) is 9.13 Å². The molecule has 1 heterocycles. The first-order valence-corrected chi connectivity index (χ1v) is 9.07. The Morgan fingerprint density at radius 1 is 0.750 bits per heavy atom. The van der Waals surface area contributed by atoms with E-state index < -0.39 is 30.5 Å². The number of alkyl halides is 6. The highest BCUT2D eigenvalue weighted by atomic mass is 35.6. The average molecular weight is 457 g/mol. The van der Waals surface area contributed by atoms with E-state index in [0.29, 0.717) is 0 Å². The van der Waals surface area contributed by atoms with Crippen LogP contribution < -0.4 is 21.8 Å². The summed E-state index contributed by atoms with van der Waals surface area (Å²) in [5.41, 5.74) is -0.859. The zero-order chi connectivity index (χ0) is 19.0. The van der Waals surface area contributed by atoms with E-state index in [4.69, 9.17) is 69.6 Å². The number of halogens is 6. The van der Waals surface area contributed by atoms with Crippen LogP contribution in [0.15, 0.2) is 9.59 Å². The molecule has 136 valence electrons. The Bertz CT molecular complexity index is 773. The molecule has 4 nitrogen and oxygen atoms in total. The van der Waals surface area contributed by atoms with Gasteiger partial charge in [0.15, 0.2) is 7.59 Å². The molecule has 0 spiro atoms. The van der Waals surface area contributed by atoms with Crippen LogP contribution in [0.2, 0.25) is 0 Å². The SMILES string of the molecule is C[C@@H](/C=c1/c(=O)n(C)/c(=C/[C@H](C)C(Cl)(Cl)Cl)c(=O)n1C)C(Cl)(Cl)Cl. The maximum atomic E-state index is 12.6. The summed E-state index contributed by atoms with van der Waals surface area (Å²) in [5, 5.41) is 0.222. The Kier molecular flexibility index (Phi) is 7.22. The Hall–Kier alpha value is 0.160. The first-order chi connectivity index (χ1) is 10.7. The minimum atomic E-state index is -1.60. The summed E-state index contributed by atoms with van der Waals surface area (Å²) < 4.78 is -0.829. The van der Waals surface area contributed by atoms with Crippen LogP contribution in [0.4, 0.5) is 0 Å². The molecule has 0 saturated heterocycles. The van der Waals surface area contributed by atoms with Crippen molar-refractivity contribution in [3.8, 4) is 0 Å². The molecule has 1 rings (SSSR count). The number of hydrogen-bond acceptors (Lipinski definition) is 2. The second-order valence-corrected chi connectivity index (χ2v) is 10.2. The summed E-state index contributed by atoms with van der Waals surface area (Å²) in [6, 6.07) is 0. The third-order valence-corrected chi connectivity index (χ3v) is 5.68. The zero-order valence-electron chi connectivity index (χ0n) is 13.3. The van der Waals surface area contributed by atoms with Gasteiger partial charge < -0.3 is 9.13 Å². The molecule has 0 aliphatic heterocycles. The molecular formula is C14H16Cl6N2O2. The Morgan fingerprint density at radius 2 is 1.00 bits per heavy atom. The Balaban J connectivity index is 3.78. The van der Waals surface area contributed by atoms with Gasteiger partial charge in [-0.05, 0) is 12.2 Å². The highest BCUT2D eigenvalue weighted by molar-refractivity contribution is 6.68. The van der Waals surface area contributed by atoms with E-state index in [1.165, 1.54) is 35.4 Å². The fraction of sp³-hybridized carbons (Fsp3) is 0.571. The van der Waals surface area contributed by atoms with E-state index in [2.05, 4.69) is 0 Å².